The van der Waals surface area contributed by atoms with Gasteiger partial charge in [0.1, 0.15) is 0 Å². The van der Waals surface area contributed by atoms with Crippen molar-refractivity contribution in [3.8, 4) is 11.8 Å². The molecule has 0 heterocycles. The van der Waals surface area contributed by atoms with Gasteiger partial charge in [0.05, 0.1) is 0 Å². The van der Waals surface area contributed by atoms with E-state index in [0.717, 1.165) is 25.7 Å². The largest absolute Gasteiger partial charge is 0.103 e. The monoisotopic (exact) mass is 200 g/mol. The van der Waals surface area contributed by atoms with Crippen LogP contribution in [-0.4, -0.2) is 0 Å². The van der Waals surface area contributed by atoms with Gasteiger partial charge in [-0.2, -0.15) is 0 Å². The number of benzene rings is 1. The highest BCUT2D eigenvalue weighted by molar-refractivity contribution is 5.29. The van der Waals surface area contributed by atoms with Crippen molar-refractivity contribution in [3.63, 3.8) is 0 Å². The maximum absolute atomic E-state index is 3.22. The van der Waals surface area contributed by atoms with Crippen LogP contribution in [0.4, 0.5) is 0 Å². The Hall–Kier alpha value is -1.22. The Kier molecular flexibility index (Phi) is 4.98. The predicted octanol–water partition coefficient (Wildman–Crippen LogP) is 4.04. The molecule has 0 radical (unpaired) electrons. The summed E-state index contributed by atoms with van der Waals surface area (Å²) in [5, 5.41) is 0. The Morgan fingerprint density at radius 1 is 0.933 bits per heavy atom. The Bertz CT molecular complexity index is 343. The van der Waals surface area contributed by atoms with Gasteiger partial charge in [-0.3, -0.25) is 0 Å². The molecule has 0 N–H and O–H groups in total. The summed E-state index contributed by atoms with van der Waals surface area (Å²) in [6.45, 7) is 6.47. The van der Waals surface area contributed by atoms with E-state index in [-0.39, 0.29) is 0 Å². The highest BCUT2D eigenvalue weighted by Crippen LogP contribution is 2.10. The molecule has 80 valence electrons. The van der Waals surface area contributed by atoms with Crippen LogP contribution in [0.15, 0.2) is 18.2 Å². The van der Waals surface area contributed by atoms with Gasteiger partial charge >= 0.3 is 0 Å². The highest BCUT2D eigenvalue weighted by atomic mass is 14.0. The van der Waals surface area contributed by atoms with E-state index in [9.17, 15) is 0 Å². The number of unbranched alkanes of at least 4 members (excludes halogenated alkanes) is 1. The van der Waals surface area contributed by atoms with Gasteiger partial charge in [-0.1, -0.05) is 36.2 Å². The van der Waals surface area contributed by atoms with E-state index in [1.54, 1.807) is 0 Å². The lowest BCUT2D eigenvalue weighted by Crippen LogP contribution is -1.87. The first kappa shape index (κ1) is 11.9. The maximum Gasteiger partial charge on any atom is 0.0129 e. The molecule has 0 atom stereocenters. The average molecular weight is 200 g/mol. The van der Waals surface area contributed by atoms with E-state index in [1.807, 2.05) is 0 Å². The third-order valence-corrected chi connectivity index (χ3v) is 2.32. The zero-order chi connectivity index (χ0) is 11.1. The molecule has 0 saturated carbocycles. The zero-order valence-electron chi connectivity index (χ0n) is 10.1. The van der Waals surface area contributed by atoms with Crippen molar-refractivity contribution in [3.05, 3.63) is 34.9 Å². The van der Waals surface area contributed by atoms with Crippen LogP contribution in [0, 0.1) is 25.7 Å². The van der Waals surface area contributed by atoms with Crippen LogP contribution in [0.25, 0.3) is 0 Å². The van der Waals surface area contributed by atoms with Crippen LogP contribution < -0.4 is 0 Å². The summed E-state index contributed by atoms with van der Waals surface area (Å²) >= 11 is 0. The van der Waals surface area contributed by atoms with E-state index in [2.05, 4.69) is 50.8 Å². The summed E-state index contributed by atoms with van der Waals surface area (Å²) in [7, 11) is 0. The van der Waals surface area contributed by atoms with Crippen LogP contribution in [0.2, 0.25) is 0 Å². The molecule has 0 unspecified atom stereocenters. The van der Waals surface area contributed by atoms with Gasteiger partial charge in [0, 0.05) is 12.8 Å². The second kappa shape index (κ2) is 6.30. The number of hydrogen-bond donors (Lipinski definition) is 0. The third-order valence-electron chi connectivity index (χ3n) is 2.32. The molecule has 0 aliphatic rings. The molecule has 0 nitrogen and oxygen atoms in total. The zero-order valence-corrected chi connectivity index (χ0v) is 10.1. The Morgan fingerprint density at radius 2 is 1.53 bits per heavy atom. The van der Waals surface area contributed by atoms with Crippen molar-refractivity contribution < 1.29 is 0 Å². The van der Waals surface area contributed by atoms with Crippen LogP contribution in [0.5, 0.6) is 0 Å². The van der Waals surface area contributed by atoms with Crippen molar-refractivity contribution in [2.24, 2.45) is 0 Å². The number of rotatable bonds is 3. The topological polar surface area (TPSA) is 0 Å². The summed E-state index contributed by atoms with van der Waals surface area (Å²) < 4.78 is 0. The molecule has 0 aromatic heterocycles. The molecule has 0 aliphatic carbocycles. The van der Waals surface area contributed by atoms with E-state index in [0.29, 0.717) is 0 Å². The lowest BCUT2D eigenvalue weighted by Gasteiger charge is -2.02. The molecule has 0 heteroatoms. The minimum Gasteiger partial charge on any atom is -0.103 e. The lowest BCUT2D eigenvalue weighted by molar-refractivity contribution is 0.973. The molecule has 0 fully saturated rings. The minimum atomic E-state index is 0.989. The lowest BCUT2D eigenvalue weighted by atomic mass is 10.0. The van der Waals surface area contributed by atoms with Gasteiger partial charge in [-0.05, 0) is 32.3 Å². The first-order chi connectivity index (χ1) is 7.22. The highest BCUT2D eigenvalue weighted by Gasteiger charge is 1.94. The molecule has 1 aromatic carbocycles. The summed E-state index contributed by atoms with van der Waals surface area (Å²) in [6, 6.07) is 6.73. The molecule has 0 aliphatic heterocycles. The van der Waals surface area contributed by atoms with Crippen molar-refractivity contribution >= 4 is 0 Å². The quantitative estimate of drug-likeness (QED) is 0.646. The van der Waals surface area contributed by atoms with Gasteiger partial charge in [0.15, 0.2) is 0 Å². The second-order valence-electron chi connectivity index (χ2n) is 4.10. The van der Waals surface area contributed by atoms with E-state index < -0.39 is 0 Å². The standard InChI is InChI=1S/C15H20/c1-4-5-6-7-8-9-15-11-13(2)10-14(3)12-15/h10-12H,4-5,8-9H2,1-3H3. The molecule has 0 spiro atoms. The van der Waals surface area contributed by atoms with Crippen molar-refractivity contribution in [1.82, 2.24) is 0 Å². The molecular weight excluding hydrogens is 180 g/mol. The Balaban J connectivity index is 2.48. The SMILES string of the molecule is CCCC#CCCc1cc(C)cc(C)c1. The fourth-order valence-electron chi connectivity index (χ4n) is 1.72. The molecule has 15 heavy (non-hydrogen) atoms. The summed E-state index contributed by atoms with van der Waals surface area (Å²) in [4.78, 5) is 0. The van der Waals surface area contributed by atoms with Crippen molar-refractivity contribution in [1.29, 1.82) is 0 Å². The molecule has 1 aromatic rings. The van der Waals surface area contributed by atoms with Gasteiger partial charge in [-0.25, -0.2) is 0 Å². The van der Waals surface area contributed by atoms with E-state index >= 15 is 0 Å². The molecular formula is C15H20. The van der Waals surface area contributed by atoms with Crippen LogP contribution >= 0.6 is 0 Å². The minimum absolute atomic E-state index is 0.989. The van der Waals surface area contributed by atoms with Gasteiger partial charge in [0.2, 0.25) is 0 Å². The van der Waals surface area contributed by atoms with E-state index in [4.69, 9.17) is 0 Å². The van der Waals surface area contributed by atoms with Gasteiger partial charge < -0.3 is 0 Å². The van der Waals surface area contributed by atoms with E-state index in [1.165, 1.54) is 16.7 Å². The Morgan fingerprint density at radius 3 is 2.13 bits per heavy atom. The summed E-state index contributed by atoms with van der Waals surface area (Å²) in [5.74, 6) is 6.41. The summed E-state index contributed by atoms with van der Waals surface area (Å²) in [6.07, 6.45) is 4.27. The predicted molar refractivity (Wildman–Crippen MR) is 66.9 cm³/mol. The van der Waals surface area contributed by atoms with Gasteiger partial charge in [-0.15, -0.1) is 11.8 Å². The third kappa shape index (κ3) is 4.70. The first-order valence-corrected chi connectivity index (χ1v) is 5.75. The molecule has 0 saturated heterocycles. The van der Waals surface area contributed by atoms with Crippen LogP contribution in [0.1, 0.15) is 42.9 Å². The molecule has 1 rings (SSSR count). The first-order valence-electron chi connectivity index (χ1n) is 5.75. The number of hydrogen-bond acceptors (Lipinski definition) is 0. The maximum atomic E-state index is 3.22. The van der Waals surface area contributed by atoms with Crippen LogP contribution in [-0.2, 0) is 6.42 Å². The fourth-order valence-corrected chi connectivity index (χ4v) is 1.72. The smallest absolute Gasteiger partial charge is 0.0129 e. The van der Waals surface area contributed by atoms with Crippen molar-refractivity contribution in [2.45, 2.75) is 46.5 Å². The Labute approximate surface area is 93.7 Å². The van der Waals surface area contributed by atoms with Gasteiger partial charge in [0.25, 0.3) is 0 Å². The summed E-state index contributed by atoms with van der Waals surface area (Å²) in [5.41, 5.74) is 4.12. The number of aryl methyl sites for hydroxylation is 3. The second-order valence-corrected chi connectivity index (χ2v) is 4.10. The fraction of sp³-hybridized carbons (Fsp3) is 0.467. The van der Waals surface area contributed by atoms with Crippen molar-refractivity contribution in [2.75, 3.05) is 0 Å². The van der Waals surface area contributed by atoms with Crippen LogP contribution in [0.3, 0.4) is 0 Å². The molecule has 0 amide bonds. The normalized spacial score (nSPS) is 9.53. The average Bonchev–Trinajstić information content (AvgIpc) is 2.16. The molecule has 0 bridgehead atoms.